The first-order chi connectivity index (χ1) is 13.3. The Kier molecular flexibility index (Phi) is 5.09. The fourth-order valence-corrected chi connectivity index (χ4v) is 5.85. The van der Waals surface area contributed by atoms with E-state index in [1.165, 1.54) is 6.92 Å². The van der Waals surface area contributed by atoms with Crippen LogP contribution in [-0.4, -0.2) is 59.3 Å². The molecule has 1 aromatic rings. The van der Waals surface area contributed by atoms with Crippen LogP contribution in [0.1, 0.15) is 19.8 Å². The third kappa shape index (κ3) is 3.50. The summed E-state index contributed by atoms with van der Waals surface area (Å²) < 4.78 is 46.8. The fourth-order valence-electron chi connectivity index (χ4n) is 4.20. The van der Waals surface area contributed by atoms with Crippen LogP contribution < -0.4 is 15.1 Å². The molecule has 3 aliphatic rings. The van der Waals surface area contributed by atoms with Gasteiger partial charge in [0.15, 0.2) is 11.6 Å². The van der Waals surface area contributed by atoms with Gasteiger partial charge in [0, 0.05) is 19.1 Å². The van der Waals surface area contributed by atoms with Crippen molar-refractivity contribution < 1.29 is 27.7 Å². The molecule has 3 aliphatic heterocycles. The Morgan fingerprint density at radius 3 is 2.46 bits per heavy atom. The van der Waals surface area contributed by atoms with E-state index < -0.39 is 35.0 Å². The van der Waals surface area contributed by atoms with Crippen molar-refractivity contribution in [2.24, 2.45) is 0 Å². The Morgan fingerprint density at radius 1 is 1.29 bits per heavy atom. The molecule has 4 rings (SSSR count). The molecule has 0 aromatic heterocycles. The zero-order chi connectivity index (χ0) is 20.0. The zero-order valence-electron chi connectivity index (χ0n) is 15.3. The van der Waals surface area contributed by atoms with Crippen molar-refractivity contribution in [3.8, 4) is 0 Å². The topological polar surface area (TPSA) is 84.9 Å². The van der Waals surface area contributed by atoms with Crippen LogP contribution in [-0.2, 0) is 20.7 Å². The smallest absolute Gasteiger partial charge is 0.414 e. The number of cyclic esters (lactones) is 1. The highest BCUT2D eigenvalue weighted by Gasteiger charge is 2.45. The monoisotopic (exact) mass is 413 g/mol. The van der Waals surface area contributed by atoms with Gasteiger partial charge >= 0.3 is 6.09 Å². The molecule has 0 aliphatic carbocycles. The van der Waals surface area contributed by atoms with Gasteiger partial charge in [-0.3, -0.25) is 9.69 Å². The van der Waals surface area contributed by atoms with E-state index in [4.69, 9.17) is 4.74 Å². The molecule has 2 bridgehead atoms. The molecule has 0 radical (unpaired) electrons. The molecule has 3 atom stereocenters. The number of halogens is 2. The van der Waals surface area contributed by atoms with Crippen molar-refractivity contribution in [3.05, 3.63) is 23.8 Å². The van der Waals surface area contributed by atoms with Gasteiger partial charge in [-0.25, -0.2) is 13.6 Å². The van der Waals surface area contributed by atoms with Crippen LogP contribution in [0.5, 0.6) is 0 Å². The van der Waals surface area contributed by atoms with Gasteiger partial charge in [0.05, 0.1) is 30.9 Å². The number of carbonyl (C=O) groups excluding carboxylic acids is 2. The molecule has 10 heteroatoms. The molecule has 0 spiro atoms. The molecule has 0 saturated carbocycles. The van der Waals surface area contributed by atoms with E-state index in [1.807, 2.05) is 0 Å². The number of ether oxygens (including phenoxy) is 1. The van der Waals surface area contributed by atoms with Gasteiger partial charge in [-0.15, -0.1) is 0 Å². The summed E-state index contributed by atoms with van der Waals surface area (Å²) in [4.78, 5) is 26.0. The van der Waals surface area contributed by atoms with Gasteiger partial charge in [0.1, 0.15) is 23.3 Å². The van der Waals surface area contributed by atoms with Gasteiger partial charge in [0.2, 0.25) is 5.91 Å². The first-order valence-corrected chi connectivity index (χ1v) is 10.7. The second-order valence-electron chi connectivity index (χ2n) is 7.38. The number of hydrogen-bond acceptors (Lipinski definition) is 5. The first kappa shape index (κ1) is 19.3. The van der Waals surface area contributed by atoms with Crippen molar-refractivity contribution in [3.63, 3.8) is 0 Å². The van der Waals surface area contributed by atoms with Crippen LogP contribution >= 0.6 is 0 Å². The number of anilines is 2. The minimum absolute atomic E-state index is 0.0713. The number of rotatable bonds is 4. The lowest BCUT2D eigenvalue weighted by molar-refractivity contribution is -0.119. The number of fused-ring (bicyclic) bond motifs is 2. The number of carbonyl (C=O) groups is 2. The summed E-state index contributed by atoms with van der Waals surface area (Å²) in [6.07, 6.45) is 0.228. The maximum absolute atomic E-state index is 14.9. The molecule has 3 fully saturated rings. The Hall–Kier alpha value is -2.07. The van der Waals surface area contributed by atoms with E-state index in [9.17, 15) is 22.9 Å². The normalized spacial score (nSPS) is 29.2. The van der Waals surface area contributed by atoms with Gasteiger partial charge in [-0.05, 0) is 24.0 Å². The van der Waals surface area contributed by atoms with Crippen LogP contribution in [0.25, 0.3) is 0 Å². The summed E-state index contributed by atoms with van der Waals surface area (Å²) in [6, 6.07) is 2.00. The number of hydrogen-bond donors (Lipinski definition) is 1. The second-order valence-corrected chi connectivity index (χ2v) is 8.92. The molecule has 28 heavy (non-hydrogen) atoms. The van der Waals surface area contributed by atoms with Crippen molar-refractivity contribution in [1.82, 2.24) is 5.32 Å². The standard InChI is InChI=1S/C18H21F2N3O4S/c1-10(24)21-6-14-7-22(18(25)27-14)13-4-15(19)17(16(20)5-13)23-11-2-3-12(23)9-28(26)8-11/h4-5,11-12,14H,2-3,6-9H2,1H3,(H,21,24)/t11?,12?,14-,28?/m0/s1. The van der Waals surface area contributed by atoms with Gasteiger partial charge < -0.3 is 19.5 Å². The summed E-state index contributed by atoms with van der Waals surface area (Å²) in [5, 5.41) is 2.55. The molecule has 1 aromatic carbocycles. The van der Waals surface area contributed by atoms with E-state index >= 15 is 0 Å². The van der Waals surface area contributed by atoms with E-state index in [2.05, 4.69) is 5.32 Å². The van der Waals surface area contributed by atoms with E-state index in [1.54, 1.807) is 4.90 Å². The highest BCUT2D eigenvalue weighted by atomic mass is 32.2. The molecule has 1 N–H and O–H groups in total. The van der Waals surface area contributed by atoms with Crippen LogP contribution in [0.3, 0.4) is 0 Å². The van der Waals surface area contributed by atoms with E-state index in [0.717, 1.165) is 29.9 Å². The Bertz CT molecular complexity index is 774. The SMILES string of the molecule is CC(=O)NC[C@H]1CN(c2cc(F)c(N3C4CCC3C[S+]([O-])C4)c(F)c2)C(=O)O1. The lowest BCUT2D eigenvalue weighted by Gasteiger charge is -2.37. The number of benzene rings is 1. The van der Waals surface area contributed by atoms with Crippen LogP contribution in [0, 0.1) is 11.6 Å². The summed E-state index contributed by atoms with van der Waals surface area (Å²) in [7, 11) is 0. The van der Waals surface area contributed by atoms with Crippen molar-refractivity contribution in [2.45, 2.75) is 38.0 Å². The Balaban J connectivity index is 1.55. The highest BCUT2D eigenvalue weighted by molar-refractivity contribution is 7.91. The van der Waals surface area contributed by atoms with Crippen LogP contribution in [0.2, 0.25) is 0 Å². The lowest BCUT2D eigenvalue weighted by atomic mass is 10.1. The maximum Gasteiger partial charge on any atom is 0.414 e. The Morgan fingerprint density at radius 2 is 1.89 bits per heavy atom. The summed E-state index contributed by atoms with van der Waals surface area (Å²) >= 11 is -0.952. The van der Waals surface area contributed by atoms with Crippen molar-refractivity contribution in [2.75, 3.05) is 34.4 Å². The molecular weight excluding hydrogens is 392 g/mol. The molecule has 3 saturated heterocycles. The third-order valence-electron chi connectivity index (χ3n) is 5.40. The average molecular weight is 413 g/mol. The molecule has 152 valence electrons. The molecule has 3 heterocycles. The van der Waals surface area contributed by atoms with Gasteiger partial charge in [0.25, 0.3) is 0 Å². The quantitative estimate of drug-likeness (QED) is 0.757. The highest BCUT2D eigenvalue weighted by Crippen LogP contribution is 2.40. The largest absolute Gasteiger partial charge is 0.616 e. The van der Waals surface area contributed by atoms with Crippen LogP contribution in [0.4, 0.5) is 25.0 Å². The minimum Gasteiger partial charge on any atom is -0.616 e. The van der Waals surface area contributed by atoms with Crippen LogP contribution in [0.15, 0.2) is 12.1 Å². The minimum atomic E-state index is -0.952. The maximum atomic E-state index is 14.9. The summed E-state index contributed by atoms with van der Waals surface area (Å²) in [6.45, 7) is 1.57. The second kappa shape index (κ2) is 7.40. The lowest BCUT2D eigenvalue weighted by Crippen LogP contribution is -2.49. The number of amides is 2. The van der Waals surface area contributed by atoms with Crippen molar-refractivity contribution in [1.29, 1.82) is 0 Å². The first-order valence-electron chi connectivity index (χ1n) is 9.18. The zero-order valence-corrected chi connectivity index (χ0v) is 16.1. The molecule has 7 nitrogen and oxygen atoms in total. The Labute approximate surface area is 164 Å². The van der Waals surface area contributed by atoms with E-state index in [-0.39, 0.29) is 42.5 Å². The van der Waals surface area contributed by atoms with E-state index in [0.29, 0.717) is 11.5 Å². The van der Waals surface area contributed by atoms with Crippen molar-refractivity contribution >= 4 is 34.6 Å². The number of nitrogens with one attached hydrogen (secondary N) is 1. The number of nitrogens with zero attached hydrogens (tertiary/aromatic N) is 2. The summed E-state index contributed by atoms with van der Waals surface area (Å²) in [5.41, 5.74) is -0.0441. The van der Waals surface area contributed by atoms with Gasteiger partial charge in [-0.2, -0.15) is 0 Å². The fraction of sp³-hybridized carbons (Fsp3) is 0.556. The molecule has 2 unspecified atom stereocenters. The predicted octanol–water partition coefficient (Wildman–Crippen LogP) is 1.53. The third-order valence-corrected chi connectivity index (χ3v) is 6.91. The predicted molar refractivity (Wildman–Crippen MR) is 99.8 cm³/mol. The van der Waals surface area contributed by atoms with Gasteiger partial charge in [-0.1, -0.05) is 0 Å². The average Bonchev–Trinajstić information content (AvgIpc) is 3.10. The molecular formula is C18H21F2N3O4S. The molecule has 2 amide bonds. The summed E-state index contributed by atoms with van der Waals surface area (Å²) in [5.74, 6) is -0.927.